The van der Waals surface area contributed by atoms with Crippen molar-refractivity contribution in [1.82, 2.24) is 0 Å². The van der Waals surface area contributed by atoms with E-state index in [-0.39, 0.29) is 28.8 Å². The lowest BCUT2D eigenvalue weighted by atomic mass is 10.1. The summed E-state index contributed by atoms with van der Waals surface area (Å²) in [4.78, 5) is 12.4. The Balaban J connectivity index is 1.87. The van der Waals surface area contributed by atoms with Gasteiger partial charge in [-0.2, -0.15) is 15.4 Å². The Kier molecular flexibility index (Phi) is 9.76. The van der Waals surface area contributed by atoms with Gasteiger partial charge in [0.15, 0.2) is 5.78 Å². The van der Waals surface area contributed by atoms with E-state index in [9.17, 15) is 25.2 Å². The van der Waals surface area contributed by atoms with Crippen LogP contribution in [-0.4, -0.2) is 26.2 Å². The van der Waals surface area contributed by atoms with Crippen molar-refractivity contribution >= 4 is 34.2 Å². The van der Waals surface area contributed by atoms with E-state index in [0.717, 1.165) is 0 Å². The number of hydrazine groups is 4. The van der Waals surface area contributed by atoms with Crippen LogP contribution in [0.2, 0.25) is 0 Å². The number of rotatable bonds is 10. The predicted molar refractivity (Wildman–Crippen MR) is 201 cm³/mol. The van der Waals surface area contributed by atoms with Crippen LogP contribution in [-0.2, 0) is 0 Å². The number of carbonyl (C=O) groups is 1. The third-order valence-corrected chi connectivity index (χ3v) is 8.76. The third kappa shape index (κ3) is 7.05. The number of phenolic OH excluding ortho intramolecular Hbond substituents is 4. The average molecular weight is 676 g/mol. The summed E-state index contributed by atoms with van der Waals surface area (Å²) in [7, 11) is 0. The van der Waals surface area contributed by atoms with Crippen molar-refractivity contribution in [3.8, 4) is 23.0 Å². The summed E-state index contributed by atoms with van der Waals surface area (Å²) in [6, 6.07) is 21.9. The number of aromatic hydroxyl groups is 4. The second kappa shape index (κ2) is 13.8. The highest BCUT2D eigenvalue weighted by atomic mass is 16.3. The maximum Gasteiger partial charge on any atom is 0.159 e. The number of aryl methyl sites for hydroxylation is 8. The van der Waals surface area contributed by atoms with E-state index in [1.807, 2.05) is 115 Å². The molecule has 0 aliphatic heterocycles. The van der Waals surface area contributed by atoms with E-state index < -0.39 is 0 Å². The van der Waals surface area contributed by atoms with E-state index >= 15 is 0 Å². The van der Waals surface area contributed by atoms with Gasteiger partial charge in [0.25, 0.3) is 0 Å². The second-order valence-electron chi connectivity index (χ2n) is 13.0. The highest BCUT2D eigenvalue weighted by Gasteiger charge is 2.29. The number of Topliss-reactive ketones (excluding diaryl/α,β-unsaturated/α-hetero) is 1. The molecule has 0 amide bonds. The zero-order valence-corrected chi connectivity index (χ0v) is 30.0. The zero-order chi connectivity index (χ0) is 36.6. The van der Waals surface area contributed by atoms with Crippen LogP contribution < -0.4 is 26.2 Å². The molecule has 260 valence electrons. The van der Waals surface area contributed by atoms with Gasteiger partial charge in [0.05, 0.1) is 28.4 Å². The lowest BCUT2D eigenvalue weighted by molar-refractivity contribution is 0.101. The van der Waals surface area contributed by atoms with Crippen molar-refractivity contribution in [2.24, 2.45) is 0 Å². The number of nitrogens with one attached hydrogen (secondary N) is 2. The number of nitrogens with zero attached hydrogens (tertiary/aromatic N) is 3. The summed E-state index contributed by atoms with van der Waals surface area (Å²) < 4.78 is 0. The highest BCUT2D eigenvalue weighted by molar-refractivity contribution is 5.95. The Hall–Kier alpha value is -6.03. The molecule has 50 heavy (non-hydrogen) atoms. The molecule has 10 nitrogen and oxygen atoms in total. The van der Waals surface area contributed by atoms with Crippen LogP contribution in [0.1, 0.15) is 61.8 Å². The summed E-state index contributed by atoms with van der Waals surface area (Å²) in [5.41, 5.74) is 15.9. The molecule has 0 spiro atoms. The summed E-state index contributed by atoms with van der Waals surface area (Å²) in [5.74, 6) is 0.622. The maximum absolute atomic E-state index is 12.4. The van der Waals surface area contributed by atoms with E-state index in [0.29, 0.717) is 78.5 Å². The predicted octanol–water partition coefficient (Wildman–Crippen LogP) is 8.88. The monoisotopic (exact) mass is 675 g/mol. The largest absolute Gasteiger partial charge is 0.507 e. The van der Waals surface area contributed by atoms with Crippen molar-refractivity contribution in [2.45, 2.75) is 62.3 Å². The Labute approximate surface area is 293 Å². The van der Waals surface area contributed by atoms with Crippen LogP contribution in [0, 0.1) is 55.4 Å². The molecule has 5 aromatic rings. The molecule has 0 radical (unpaired) electrons. The van der Waals surface area contributed by atoms with Gasteiger partial charge in [-0.1, -0.05) is 12.1 Å². The van der Waals surface area contributed by atoms with Crippen LogP contribution in [0.3, 0.4) is 0 Å². The fraction of sp³-hybridized carbons (Fsp3) is 0.225. The van der Waals surface area contributed by atoms with Gasteiger partial charge in [-0.15, -0.1) is 0 Å². The maximum atomic E-state index is 12.4. The number of hydrogen-bond acceptors (Lipinski definition) is 10. The van der Waals surface area contributed by atoms with E-state index in [4.69, 9.17) is 0 Å². The average Bonchev–Trinajstić information content (AvgIpc) is 3.06. The lowest BCUT2D eigenvalue weighted by Gasteiger charge is -2.46. The van der Waals surface area contributed by atoms with Gasteiger partial charge in [-0.25, -0.2) is 0 Å². The van der Waals surface area contributed by atoms with Gasteiger partial charge in [0.1, 0.15) is 23.0 Å². The molecular formula is C40H45N5O5. The Morgan fingerprint density at radius 3 is 1.20 bits per heavy atom. The number of anilines is 5. The molecule has 0 bridgehead atoms. The van der Waals surface area contributed by atoms with Gasteiger partial charge in [-0.05, 0) is 167 Å². The number of ketones is 1. The molecule has 5 rings (SSSR count). The Bertz CT molecular complexity index is 2020. The molecule has 0 aliphatic rings. The smallest absolute Gasteiger partial charge is 0.159 e. The number of phenols is 4. The van der Waals surface area contributed by atoms with Gasteiger partial charge < -0.3 is 20.4 Å². The molecule has 0 fully saturated rings. The first-order chi connectivity index (χ1) is 23.5. The van der Waals surface area contributed by atoms with E-state index in [1.54, 1.807) is 28.4 Å². The van der Waals surface area contributed by atoms with E-state index in [2.05, 4.69) is 10.9 Å². The quantitative estimate of drug-likeness (QED) is 0.0485. The minimum atomic E-state index is -0.0884. The van der Waals surface area contributed by atoms with Crippen molar-refractivity contribution in [3.05, 3.63) is 123 Å². The van der Waals surface area contributed by atoms with Crippen molar-refractivity contribution < 1.29 is 25.2 Å². The molecular weight excluding hydrogens is 630 g/mol. The first-order valence-electron chi connectivity index (χ1n) is 16.3. The molecule has 0 aliphatic carbocycles. The summed E-state index contributed by atoms with van der Waals surface area (Å²) in [6.45, 7) is 16.1. The van der Waals surface area contributed by atoms with Crippen LogP contribution in [0.25, 0.3) is 0 Å². The fourth-order valence-corrected chi connectivity index (χ4v) is 5.99. The van der Waals surface area contributed by atoms with Crippen LogP contribution in [0.5, 0.6) is 23.0 Å². The zero-order valence-electron chi connectivity index (χ0n) is 30.0. The van der Waals surface area contributed by atoms with E-state index in [1.165, 1.54) is 6.92 Å². The minimum Gasteiger partial charge on any atom is -0.507 e. The van der Waals surface area contributed by atoms with Crippen molar-refractivity contribution in [1.29, 1.82) is 0 Å². The highest BCUT2D eigenvalue weighted by Crippen LogP contribution is 2.38. The molecule has 6 N–H and O–H groups in total. The molecule has 0 saturated heterocycles. The molecule has 0 heterocycles. The first-order valence-corrected chi connectivity index (χ1v) is 16.3. The van der Waals surface area contributed by atoms with Crippen LogP contribution in [0.4, 0.5) is 28.4 Å². The van der Waals surface area contributed by atoms with Crippen LogP contribution >= 0.6 is 0 Å². The van der Waals surface area contributed by atoms with Gasteiger partial charge in [-0.3, -0.25) is 15.6 Å². The molecule has 0 aromatic heterocycles. The Morgan fingerprint density at radius 1 is 0.480 bits per heavy atom. The molecule has 5 aromatic carbocycles. The summed E-state index contributed by atoms with van der Waals surface area (Å²) in [5, 5.41) is 48.6. The van der Waals surface area contributed by atoms with Crippen molar-refractivity contribution in [2.75, 3.05) is 26.2 Å². The van der Waals surface area contributed by atoms with Crippen molar-refractivity contribution in [3.63, 3.8) is 0 Å². The minimum absolute atomic E-state index is 0.0884. The summed E-state index contributed by atoms with van der Waals surface area (Å²) >= 11 is 0. The fourth-order valence-electron chi connectivity index (χ4n) is 5.99. The standard InChI is InChI=1S/C40H45N5O5/c1-22-13-33(14-23(2)37(22)47)42-44(35-17-26(5)39(49)27(6)18-35)45(36-19-28(7)40(50)29(8)20-36)43(34-15-24(3)38(48)25(4)16-34)41-32-12-10-11-31(21-32)30(9)46/h10-21,41-42,47-50H,1-9H3. The number of carbonyl (C=O) groups excluding carboxylic acids is 1. The third-order valence-electron chi connectivity index (χ3n) is 8.76. The SMILES string of the molecule is CC(=O)c1cccc(NN(c2cc(C)c(O)c(C)c2)N(c2cc(C)c(O)c(C)c2)N(Nc2cc(C)c(O)c(C)c2)c2cc(C)c(O)c(C)c2)c1. The molecule has 10 heteroatoms. The molecule has 0 atom stereocenters. The number of benzene rings is 5. The Morgan fingerprint density at radius 2 is 0.820 bits per heavy atom. The van der Waals surface area contributed by atoms with Crippen LogP contribution in [0.15, 0.2) is 72.8 Å². The molecule has 0 unspecified atom stereocenters. The molecule has 0 saturated carbocycles. The van der Waals surface area contributed by atoms with Gasteiger partial charge >= 0.3 is 0 Å². The number of hydrogen-bond donors (Lipinski definition) is 6. The lowest BCUT2D eigenvalue weighted by Crippen LogP contribution is -2.59. The normalized spacial score (nSPS) is 10.9. The second-order valence-corrected chi connectivity index (χ2v) is 13.0. The topological polar surface area (TPSA) is 132 Å². The summed E-state index contributed by atoms with van der Waals surface area (Å²) in [6.07, 6.45) is 0. The van der Waals surface area contributed by atoms with Gasteiger partial charge in [0.2, 0.25) is 0 Å². The first kappa shape index (κ1) is 35.3. The van der Waals surface area contributed by atoms with Gasteiger partial charge in [0, 0.05) is 5.56 Å².